The summed E-state index contributed by atoms with van der Waals surface area (Å²) < 4.78 is 1.87. The summed E-state index contributed by atoms with van der Waals surface area (Å²) in [6.45, 7) is 2.84. The van der Waals surface area contributed by atoms with E-state index in [4.69, 9.17) is 5.73 Å². The molecule has 2 heterocycles. The van der Waals surface area contributed by atoms with Crippen molar-refractivity contribution in [1.29, 1.82) is 0 Å². The van der Waals surface area contributed by atoms with E-state index in [2.05, 4.69) is 15.1 Å². The van der Waals surface area contributed by atoms with Crippen LogP contribution in [0.15, 0.2) is 30.9 Å². The smallest absolute Gasteiger partial charge is 0.115 e. The highest BCUT2D eigenvalue weighted by atomic mass is 15.3. The summed E-state index contributed by atoms with van der Waals surface area (Å²) in [6, 6.07) is 3.49. The van der Waals surface area contributed by atoms with Crippen LogP contribution in [0.2, 0.25) is 0 Å². The minimum atomic E-state index is -0.240. The number of aryl methyl sites for hydroxylation is 1. The van der Waals surface area contributed by atoms with Crippen LogP contribution >= 0.6 is 0 Å². The SMILES string of the molecule is CCn1nccc1C(N)c1ccncn1. The summed E-state index contributed by atoms with van der Waals surface area (Å²) in [5.74, 6) is 0. The standard InChI is InChI=1S/C10H13N5/c1-2-15-9(4-6-14-15)10(11)8-3-5-12-7-13-8/h3-7,10H,2,11H2,1H3. The van der Waals surface area contributed by atoms with E-state index >= 15 is 0 Å². The lowest BCUT2D eigenvalue weighted by Gasteiger charge is -2.12. The zero-order valence-corrected chi connectivity index (χ0v) is 8.54. The highest BCUT2D eigenvalue weighted by molar-refractivity contribution is 5.19. The molecule has 0 amide bonds. The van der Waals surface area contributed by atoms with Crippen LogP contribution in [0.5, 0.6) is 0 Å². The molecule has 0 saturated carbocycles. The minimum Gasteiger partial charge on any atom is -0.318 e. The van der Waals surface area contributed by atoms with Crippen molar-refractivity contribution >= 4 is 0 Å². The topological polar surface area (TPSA) is 69.6 Å². The Balaban J connectivity index is 2.32. The Morgan fingerprint density at radius 3 is 2.93 bits per heavy atom. The van der Waals surface area contributed by atoms with Gasteiger partial charge in [0, 0.05) is 18.9 Å². The maximum atomic E-state index is 6.09. The third-order valence-electron chi connectivity index (χ3n) is 2.29. The third kappa shape index (κ3) is 1.87. The summed E-state index contributed by atoms with van der Waals surface area (Å²) in [5, 5.41) is 4.17. The molecule has 0 bridgehead atoms. The van der Waals surface area contributed by atoms with E-state index < -0.39 is 0 Å². The van der Waals surface area contributed by atoms with Crippen molar-refractivity contribution in [3.8, 4) is 0 Å². The first-order valence-corrected chi connectivity index (χ1v) is 4.86. The number of nitrogens with two attached hydrogens (primary N) is 1. The van der Waals surface area contributed by atoms with Crippen LogP contribution in [0, 0.1) is 0 Å². The van der Waals surface area contributed by atoms with Crippen molar-refractivity contribution in [2.75, 3.05) is 0 Å². The third-order valence-corrected chi connectivity index (χ3v) is 2.29. The summed E-state index contributed by atoms with van der Waals surface area (Å²) in [4.78, 5) is 8.00. The van der Waals surface area contributed by atoms with Crippen LogP contribution in [0.3, 0.4) is 0 Å². The Kier molecular flexibility index (Phi) is 2.73. The van der Waals surface area contributed by atoms with Crippen molar-refractivity contribution in [3.63, 3.8) is 0 Å². The molecule has 0 aliphatic carbocycles. The number of hydrogen-bond donors (Lipinski definition) is 1. The van der Waals surface area contributed by atoms with E-state index in [1.54, 1.807) is 12.4 Å². The number of rotatable bonds is 3. The summed E-state index contributed by atoms with van der Waals surface area (Å²) >= 11 is 0. The fraction of sp³-hybridized carbons (Fsp3) is 0.300. The second-order valence-corrected chi connectivity index (χ2v) is 3.18. The van der Waals surface area contributed by atoms with Gasteiger partial charge in [0.2, 0.25) is 0 Å². The molecule has 78 valence electrons. The molecule has 2 rings (SSSR count). The van der Waals surface area contributed by atoms with Gasteiger partial charge in [0.15, 0.2) is 0 Å². The average molecular weight is 203 g/mol. The molecule has 0 saturated heterocycles. The van der Waals surface area contributed by atoms with E-state index in [1.807, 2.05) is 23.7 Å². The number of nitrogens with zero attached hydrogens (tertiary/aromatic N) is 4. The minimum absolute atomic E-state index is 0.240. The zero-order valence-electron chi connectivity index (χ0n) is 8.54. The summed E-state index contributed by atoms with van der Waals surface area (Å²) in [5.41, 5.74) is 7.86. The highest BCUT2D eigenvalue weighted by Gasteiger charge is 2.13. The molecule has 2 aromatic heterocycles. The average Bonchev–Trinajstić information content (AvgIpc) is 2.77. The lowest BCUT2D eigenvalue weighted by molar-refractivity contribution is 0.595. The molecule has 1 unspecified atom stereocenters. The van der Waals surface area contributed by atoms with Gasteiger partial charge in [-0.25, -0.2) is 9.97 Å². The van der Waals surface area contributed by atoms with E-state index in [0.29, 0.717) is 0 Å². The van der Waals surface area contributed by atoms with Crippen molar-refractivity contribution in [2.45, 2.75) is 19.5 Å². The predicted molar refractivity (Wildman–Crippen MR) is 56.0 cm³/mol. The molecule has 5 nitrogen and oxygen atoms in total. The van der Waals surface area contributed by atoms with Gasteiger partial charge in [0.1, 0.15) is 6.33 Å². The Morgan fingerprint density at radius 2 is 2.27 bits per heavy atom. The van der Waals surface area contributed by atoms with E-state index in [9.17, 15) is 0 Å². The number of hydrogen-bond acceptors (Lipinski definition) is 4. The maximum absolute atomic E-state index is 6.09. The van der Waals surface area contributed by atoms with Gasteiger partial charge in [-0.3, -0.25) is 4.68 Å². The van der Waals surface area contributed by atoms with Crippen molar-refractivity contribution < 1.29 is 0 Å². The van der Waals surface area contributed by atoms with Gasteiger partial charge >= 0.3 is 0 Å². The van der Waals surface area contributed by atoms with Crippen LogP contribution in [0.4, 0.5) is 0 Å². The van der Waals surface area contributed by atoms with Crippen LogP contribution in [0.1, 0.15) is 24.4 Å². The van der Waals surface area contributed by atoms with Crippen molar-refractivity contribution in [2.24, 2.45) is 5.73 Å². The molecule has 0 aliphatic rings. The van der Waals surface area contributed by atoms with Gasteiger partial charge in [-0.05, 0) is 19.1 Å². The Hall–Kier alpha value is -1.75. The van der Waals surface area contributed by atoms with Gasteiger partial charge in [-0.1, -0.05) is 0 Å². The van der Waals surface area contributed by atoms with Gasteiger partial charge in [-0.2, -0.15) is 5.10 Å². The second kappa shape index (κ2) is 4.18. The fourth-order valence-corrected chi connectivity index (χ4v) is 1.51. The fourth-order valence-electron chi connectivity index (χ4n) is 1.51. The largest absolute Gasteiger partial charge is 0.318 e. The van der Waals surface area contributed by atoms with E-state index in [-0.39, 0.29) is 6.04 Å². The molecule has 1 atom stereocenters. The van der Waals surface area contributed by atoms with E-state index in [0.717, 1.165) is 17.9 Å². The molecule has 0 spiro atoms. The molecule has 0 fully saturated rings. The van der Waals surface area contributed by atoms with Crippen LogP contribution in [-0.4, -0.2) is 19.7 Å². The first-order chi connectivity index (χ1) is 7.33. The lowest BCUT2D eigenvalue weighted by atomic mass is 10.1. The first kappa shape index (κ1) is 9.79. The summed E-state index contributed by atoms with van der Waals surface area (Å²) in [6.07, 6.45) is 4.94. The Morgan fingerprint density at radius 1 is 1.40 bits per heavy atom. The highest BCUT2D eigenvalue weighted by Crippen LogP contribution is 2.16. The monoisotopic (exact) mass is 203 g/mol. The molecule has 0 aliphatic heterocycles. The van der Waals surface area contributed by atoms with Crippen molar-refractivity contribution in [1.82, 2.24) is 19.7 Å². The quantitative estimate of drug-likeness (QED) is 0.798. The Bertz CT molecular complexity index is 422. The molecule has 2 aromatic rings. The normalized spacial score (nSPS) is 12.7. The molecular formula is C10H13N5. The van der Waals surface area contributed by atoms with Crippen molar-refractivity contribution in [3.05, 3.63) is 42.2 Å². The van der Waals surface area contributed by atoms with Gasteiger partial charge in [0.05, 0.1) is 17.4 Å². The molecule has 2 N–H and O–H groups in total. The molecule has 5 heteroatoms. The molecule has 0 radical (unpaired) electrons. The van der Waals surface area contributed by atoms with Crippen LogP contribution in [-0.2, 0) is 6.54 Å². The molecular weight excluding hydrogens is 190 g/mol. The van der Waals surface area contributed by atoms with Gasteiger partial charge in [0.25, 0.3) is 0 Å². The Labute approximate surface area is 88.0 Å². The summed E-state index contributed by atoms with van der Waals surface area (Å²) in [7, 11) is 0. The zero-order chi connectivity index (χ0) is 10.7. The van der Waals surface area contributed by atoms with Gasteiger partial charge in [-0.15, -0.1) is 0 Å². The maximum Gasteiger partial charge on any atom is 0.115 e. The van der Waals surface area contributed by atoms with Crippen LogP contribution < -0.4 is 5.73 Å². The first-order valence-electron chi connectivity index (χ1n) is 4.86. The van der Waals surface area contributed by atoms with E-state index in [1.165, 1.54) is 6.33 Å². The second-order valence-electron chi connectivity index (χ2n) is 3.18. The van der Waals surface area contributed by atoms with Crippen LogP contribution in [0.25, 0.3) is 0 Å². The van der Waals surface area contributed by atoms with Gasteiger partial charge < -0.3 is 5.73 Å². The number of aromatic nitrogens is 4. The predicted octanol–water partition coefficient (Wildman–Crippen LogP) is 0.741. The molecule has 15 heavy (non-hydrogen) atoms. The molecule has 0 aromatic carbocycles. The lowest BCUT2D eigenvalue weighted by Crippen LogP contribution is -2.18.